The van der Waals surface area contributed by atoms with Gasteiger partial charge in [-0.3, -0.25) is 9.10 Å². The highest BCUT2D eigenvalue weighted by molar-refractivity contribution is 7.92. The summed E-state index contributed by atoms with van der Waals surface area (Å²) in [6, 6.07) is 14.2. The van der Waals surface area contributed by atoms with Gasteiger partial charge in [-0.1, -0.05) is 35.9 Å². The summed E-state index contributed by atoms with van der Waals surface area (Å²) in [5.74, 6) is 0.135. The summed E-state index contributed by atoms with van der Waals surface area (Å²) >= 11 is 0. The van der Waals surface area contributed by atoms with Gasteiger partial charge in [0.05, 0.1) is 25.1 Å². The van der Waals surface area contributed by atoms with Crippen LogP contribution < -0.4 is 14.4 Å². The van der Waals surface area contributed by atoms with E-state index >= 15 is 0 Å². The number of benzene rings is 2. The molecule has 140 valence electrons. The number of rotatable bonds is 7. The summed E-state index contributed by atoms with van der Waals surface area (Å²) in [5, 5.41) is 2.84. The zero-order valence-electron chi connectivity index (χ0n) is 15.4. The summed E-state index contributed by atoms with van der Waals surface area (Å²) < 4.78 is 30.5. The Morgan fingerprint density at radius 1 is 1.19 bits per heavy atom. The molecule has 0 aliphatic rings. The second-order valence-electron chi connectivity index (χ2n) is 6.17. The zero-order chi connectivity index (χ0) is 19.3. The third-order valence-corrected chi connectivity index (χ3v) is 5.12. The van der Waals surface area contributed by atoms with Crippen molar-refractivity contribution in [1.82, 2.24) is 5.32 Å². The Balaban J connectivity index is 2.15. The second kappa shape index (κ2) is 8.23. The molecule has 0 aliphatic carbocycles. The van der Waals surface area contributed by atoms with Gasteiger partial charge in [0.1, 0.15) is 12.3 Å². The van der Waals surface area contributed by atoms with E-state index in [0.717, 1.165) is 21.7 Å². The average molecular weight is 376 g/mol. The van der Waals surface area contributed by atoms with Gasteiger partial charge in [0.15, 0.2) is 0 Å². The second-order valence-corrected chi connectivity index (χ2v) is 8.08. The third kappa shape index (κ3) is 5.23. The van der Waals surface area contributed by atoms with Gasteiger partial charge in [0.2, 0.25) is 15.9 Å². The molecule has 0 spiro atoms. The number of carbonyl (C=O) groups is 1. The van der Waals surface area contributed by atoms with E-state index in [4.69, 9.17) is 4.74 Å². The first-order chi connectivity index (χ1) is 12.2. The maximum Gasteiger partial charge on any atom is 0.241 e. The monoisotopic (exact) mass is 376 g/mol. The standard InChI is InChI=1S/C19H24N2O4S/c1-14-8-10-16(11-9-14)15(2)20-19(22)13-21(26(4,23)24)17-6-5-7-18(12-17)25-3/h5-12,15H,13H2,1-4H3,(H,20,22)/t15-/m1/s1. The molecule has 1 N–H and O–H groups in total. The van der Waals surface area contributed by atoms with Gasteiger partial charge in [-0.05, 0) is 31.5 Å². The van der Waals surface area contributed by atoms with Crippen LogP contribution in [0.4, 0.5) is 5.69 Å². The Morgan fingerprint density at radius 2 is 1.85 bits per heavy atom. The largest absolute Gasteiger partial charge is 0.497 e. The van der Waals surface area contributed by atoms with Crippen LogP contribution in [0.1, 0.15) is 24.1 Å². The van der Waals surface area contributed by atoms with Gasteiger partial charge >= 0.3 is 0 Å². The smallest absolute Gasteiger partial charge is 0.241 e. The summed E-state index contributed by atoms with van der Waals surface area (Å²) in [4.78, 5) is 12.4. The third-order valence-electron chi connectivity index (χ3n) is 3.98. The van der Waals surface area contributed by atoms with Gasteiger partial charge in [0.25, 0.3) is 0 Å². The molecule has 0 unspecified atom stereocenters. The number of aryl methyl sites for hydroxylation is 1. The van der Waals surface area contributed by atoms with Crippen molar-refractivity contribution in [1.29, 1.82) is 0 Å². The molecule has 2 aromatic rings. The molecule has 0 fully saturated rings. The molecule has 1 atom stereocenters. The molecule has 0 radical (unpaired) electrons. The number of nitrogens with one attached hydrogen (secondary N) is 1. The van der Waals surface area contributed by atoms with E-state index in [9.17, 15) is 13.2 Å². The zero-order valence-corrected chi connectivity index (χ0v) is 16.2. The Labute approximate surface area is 154 Å². The minimum Gasteiger partial charge on any atom is -0.497 e. The Morgan fingerprint density at radius 3 is 2.42 bits per heavy atom. The van der Waals surface area contributed by atoms with Crippen molar-refractivity contribution in [3.8, 4) is 5.75 Å². The molecular formula is C19H24N2O4S. The van der Waals surface area contributed by atoms with Gasteiger partial charge in [-0.2, -0.15) is 0 Å². The van der Waals surface area contributed by atoms with Crippen molar-refractivity contribution in [3.05, 3.63) is 59.7 Å². The number of ether oxygens (including phenoxy) is 1. The fraction of sp³-hybridized carbons (Fsp3) is 0.316. The Kier molecular flexibility index (Phi) is 6.26. The predicted molar refractivity (Wildman–Crippen MR) is 103 cm³/mol. The first-order valence-corrected chi connectivity index (χ1v) is 10.0. The summed E-state index contributed by atoms with van der Waals surface area (Å²) in [7, 11) is -2.13. The van der Waals surface area contributed by atoms with Crippen LogP contribution in [0.15, 0.2) is 48.5 Å². The molecule has 26 heavy (non-hydrogen) atoms. The van der Waals surface area contributed by atoms with E-state index in [0.29, 0.717) is 11.4 Å². The van der Waals surface area contributed by atoms with Gasteiger partial charge in [-0.25, -0.2) is 8.42 Å². The van der Waals surface area contributed by atoms with Crippen LogP contribution in [0.3, 0.4) is 0 Å². The normalized spacial score (nSPS) is 12.3. The highest BCUT2D eigenvalue weighted by Crippen LogP contribution is 2.23. The molecule has 0 heterocycles. The summed E-state index contributed by atoms with van der Waals surface area (Å²) in [6.45, 7) is 3.55. The minimum absolute atomic E-state index is 0.227. The number of amides is 1. The van der Waals surface area contributed by atoms with Crippen molar-refractivity contribution in [3.63, 3.8) is 0 Å². The molecule has 0 aromatic heterocycles. The Bertz CT molecular complexity index is 863. The quantitative estimate of drug-likeness (QED) is 0.806. The van der Waals surface area contributed by atoms with Crippen LogP contribution in [0, 0.1) is 6.92 Å². The van der Waals surface area contributed by atoms with E-state index < -0.39 is 10.0 Å². The first-order valence-electron chi connectivity index (χ1n) is 8.18. The van der Waals surface area contributed by atoms with E-state index in [2.05, 4.69) is 5.32 Å². The number of methoxy groups -OCH3 is 1. The Hall–Kier alpha value is -2.54. The number of hydrogen-bond acceptors (Lipinski definition) is 4. The number of anilines is 1. The molecule has 7 heteroatoms. The number of sulfonamides is 1. The molecule has 0 saturated heterocycles. The molecule has 6 nitrogen and oxygen atoms in total. The van der Waals surface area contributed by atoms with Crippen molar-refractivity contribution in [2.24, 2.45) is 0 Å². The van der Waals surface area contributed by atoms with Crippen molar-refractivity contribution in [2.45, 2.75) is 19.9 Å². The van der Waals surface area contributed by atoms with Gasteiger partial charge in [-0.15, -0.1) is 0 Å². The summed E-state index contributed by atoms with van der Waals surface area (Å²) in [5.41, 5.74) is 2.47. The highest BCUT2D eigenvalue weighted by Gasteiger charge is 2.22. The predicted octanol–water partition coefficient (Wildman–Crippen LogP) is 2.65. The van der Waals surface area contributed by atoms with Crippen LogP contribution in [0.5, 0.6) is 5.75 Å². The van der Waals surface area contributed by atoms with Gasteiger partial charge in [0, 0.05) is 6.07 Å². The van der Waals surface area contributed by atoms with Gasteiger partial charge < -0.3 is 10.1 Å². The van der Waals surface area contributed by atoms with Crippen LogP contribution in [0.25, 0.3) is 0 Å². The average Bonchev–Trinajstić information content (AvgIpc) is 2.59. The molecule has 0 bridgehead atoms. The molecule has 1 amide bonds. The lowest BCUT2D eigenvalue weighted by Crippen LogP contribution is -2.41. The van der Waals surface area contributed by atoms with Crippen molar-refractivity contribution < 1.29 is 17.9 Å². The molecule has 2 aromatic carbocycles. The van der Waals surface area contributed by atoms with Crippen molar-refractivity contribution >= 4 is 21.6 Å². The van der Waals surface area contributed by atoms with E-state index in [1.807, 2.05) is 38.1 Å². The molecule has 0 aliphatic heterocycles. The SMILES string of the molecule is COc1cccc(N(CC(=O)N[C@H](C)c2ccc(C)cc2)S(C)(=O)=O)c1. The van der Waals surface area contributed by atoms with Crippen LogP contribution in [-0.4, -0.2) is 34.2 Å². The number of hydrogen-bond donors (Lipinski definition) is 1. The number of nitrogens with zero attached hydrogens (tertiary/aromatic N) is 1. The van der Waals surface area contributed by atoms with Crippen LogP contribution in [-0.2, 0) is 14.8 Å². The lowest BCUT2D eigenvalue weighted by Gasteiger charge is -2.23. The highest BCUT2D eigenvalue weighted by atomic mass is 32.2. The van der Waals surface area contributed by atoms with Crippen molar-refractivity contribution in [2.75, 3.05) is 24.2 Å². The molecule has 2 rings (SSSR count). The topological polar surface area (TPSA) is 75.7 Å². The fourth-order valence-corrected chi connectivity index (χ4v) is 3.37. The maximum absolute atomic E-state index is 12.4. The van der Waals surface area contributed by atoms with Crippen LogP contribution in [0.2, 0.25) is 0 Å². The molecular weight excluding hydrogens is 352 g/mol. The summed E-state index contributed by atoms with van der Waals surface area (Å²) in [6.07, 6.45) is 1.07. The number of carbonyl (C=O) groups excluding carboxylic acids is 1. The van der Waals surface area contributed by atoms with Crippen LogP contribution >= 0.6 is 0 Å². The molecule has 0 saturated carbocycles. The minimum atomic E-state index is -3.63. The van der Waals surface area contributed by atoms with E-state index in [1.54, 1.807) is 24.3 Å². The van der Waals surface area contributed by atoms with E-state index in [-0.39, 0.29) is 18.5 Å². The lowest BCUT2D eigenvalue weighted by atomic mass is 10.1. The first kappa shape index (κ1) is 19.8. The van der Waals surface area contributed by atoms with E-state index in [1.165, 1.54) is 7.11 Å². The fourth-order valence-electron chi connectivity index (χ4n) is 2.52. The lowest BCUT2D eigenvalue weighted by molar-refractivity contribution is -0.120. The maximum atomic E-state index is 12.4.